The van der Waals surface area contributed by atoms with Gasteiger partial charge in [0.25, 0.3) is 0 Å². The van der Waals surface area contributed by atoms with Crippen LogP contribution >= 0.6 is 23.5 Å². The molecule has 0 spiro atoms. The molecular weight excluding hydrogens is 236 g/mol. The lowest BCUT2D eigenvalue weighted by atomic mass is 9.85. The van der Waals surface area contributed by atoms with Gasteiger partial charge < -0.3 is 5.32 Å². The van der Waals surface area contributed by atoms with Crippen LogP contribution in [0.4, 0.5) is 0 Å². The van der Waals surface area contributed by atoms with Crippen molar-refractivity contribution in [2.75, 3.05) is 17.8 Å². The molecule has 2 unspecified atom stereocenters. The van der Waals surface area contributed by atoms with E-state index >= 15 is 0 Å². The summed E-state index contributed by atoms with van der Waals surface area (Å²) in [6, 6.07) is 0.984. The van der Waals surface area contributed by atoms with Crippen LogP contribution in [-0.2, 0) is 0 Å². The highest BCUT2D eigenvalue weighted by molar-refractivity contribution is 8.13. The molecule has 2 nitrogen and oxygen atoms in total. The second-order valence-electron chi connectivity index (χ2n) is 5.45. The topological polar surface area (TPSA) is 24.4 Å². The van der Waals surface area contributed by atoms with Gasteiger partial charge in [-0.2, -0.15) is 11.8 Å². The first-order valence-electron chi connectivity index (χ1n) is 5.89. The van der Waals surface area contributed by atoms with Crippen LogP contribution in [0.15, 0.2) is 4.99 Å². The molecule has 1 rings (SSSR count). The van der Waals surface area contributed by atoms with E-state index in [0.29, 0.717) is 12.1 Å². The highest BCUT2D eigenvalue weighted by atomic mass is 32.2. The Morgan fingerprint density at radius 1 is 1.56 bits per heavy atom. The number of nitrogens with zero attached hydrogens (tertiary/aromatic N) is 1. The molecule has 94 valence electrons. The van der Waals surface area contributed by atoms with Crippen LogP contribution in [0.25, 0.3) is 0 Å². The van der Waals surface area contributed by atoms with Crippen molar-refractivity contribution in [3.8, 4) is 0 Å². The molecule has 0 fully saturated rings. The largest absolute Gasteiger partial charge is 0.362 e. The van der Waals surface area contributed by atoms with Gasteiger partial charge >= 0.3 is 0 Å². The summed E-state index contributed by atoms with van der Waals surface area (Å²) in [5.41, 5.74) is 0.288. The van der Waals surface area contributed by atoms with Crippen LogP contribution in [0.5, 0.6) is 0 Å². The monoisotopic (exact) mass is 260 g/mol. The van der Waals surface area contributed by atoms with E-state index in [1.807, 2.05) is 23.5 Å². The van der Waals surface area contributed by atoms with Crippen LogP contribution in [0, 0.1) is 5.41 Å². The first-order chi connectivity index (χ1) is 7.43. The molecule has 1 N–H and O–H groups in total. The number of aliphatic imine (C=N–C) groups is 1. The van der Waals surface area contributed by atoms with Gasteiger partial charge in [0.05, 0.1) is 6.04 Å². The summed E-state index contributed by atoms with van der Waals surface area (Å²) in [6.07, 6.45) is 3.35. The van der Waals surface area contributed by atoms with Crippen molar-refractivity contribution >= 4 is 28.7 Å². The fraction of sp³-hybridized carbons (Fsp3) is 0.917. The summed E-state index contributed by atoms with van der Waals surface area (Å²) in [5, 5.41) is 4.66. The smallest absolute Gasteiger partial charge is 0.157 e. The number of amidine groups is 1. The van der Waals surface area contributed by atoms with E-state index in [1.165, 1.54) is 12.2 Å². The summed E-state index contributed by atoms with van der Waals surface area (Å²) < 4.78 is 0. The minimum Gasteiger partial charge on any atom is -0.362 e. The standard InChI is InChI=1S/C12H24N2S2/c1-9(8-15-5)13-11-14-10(6-7-16-11)12(2,3)4/h9-10H,6-8H2,1-5H3,(H,13,14). The van der Waals surface area contributed by atoms with Gasteiger partial charge in [0, 0.05) is 17.5 Å². The van der Waals surface area contributed by atoms with E-state index in [9.17, 15) is 0 Å². The van der Waals surface area contributed by atoms with Gasteiger partial charge in [-0.1, -0.05) is 32.5 Å². The van der Waals surface area contributed by atoms with Crippen molar-refractivity contribution in [1.29, 1.82) is 0 Å². The maximum Gasteiger partial charge on any atom is 0.157 e. The lowest BCUT2D eigenvalue weighted by Crippen LogP contribution is -2.38. The van der Waals surface area contributed by atoms with Crippen molar-refractivity contribution in [3.63, 3.8) is 0 Å². The van der Waals surface area contributed by atoms with Crippen LogP contribution in [0.2, 0.25) is 0 Å². The van der Waals surface area contributed by atoms with Crippen molar-refractivity contribution in [2.45, 2.75) is 46.2 Å². The quantitative estimate of drug-likeness (QED) is 0.843. The summed E-state index contributed by atoms with van der Waals surface area (Å²) in [6.45, 7) is 9.06. The van der Waals surface area contributed by atoms with Gasteiger partial charge in [0.15, 0.2) is 5.17 Å². The Morgan fingerprint density at radius 3 is 2.81 bits per heavy atom. The van der Waals surface area contributed by atoms with Crippen molar-refractivity contribution in [3.05, 3.63) is 0 Å². The van der Waals surface area contributed by atoms with Crippen molar-refractivity contribution in [1.82, 2.24) is 5.32 Å². The third-order valence-electron chi connectivity index (χ3n) is 2.69. The van der Waals surface area contributed by atoms with E-state index in [4.69, 9.17) is 4.99 Å². The summed E-state index contributed by atoms with van der Waals surface area (Å²) in [4.78, 5) is 4.83. The molecule has 0 aliphatic carbocycles. The minimum absolute atomic E-state index is 0.288. The molecule has 0 amide bonds. The van der Waals surface area contributed by atoms with Gasteiger partial charge in [-0.05, 0) is 25.0 Å². The molecule has 1 heterocycles. The zero-order valence-electron chi connectivity index (χ0n) is 11.0. The number of nitrogens with one attached hydrogen (secondary N) is 1. The molecule has 16 heavy (non-hydrogen) atoms. The van der Waals surface area contributed by atoms with Gasteiger partial charge in [0.2, 0.25) is 0 Å². The Labute approximate surface area is 108 Å². The Hall–Kier alpha value is 0.170. The molecule has 2 atom stereocenters. The Morgan fingerprint density at radius 2 is 2.25 bits per heavy atom. The van der Waals surface area contributed by atoms with Crippen molar-refractivity contribution < 1.29 is 0 Å². The third kappa shape index (κ3) is 4.58. The van der Waals surface area contributed by atoms with Gasteiger partial charge in [-0.15, -0.1) is 0 Å². The summed E-state index contributed by atoms with van der Waals surface area (Å²) in [5.74, 6) is 2.33. The van der Waals surface area contributed by atoms with Crippen LogP contribution in [-0.4, -0.2) is 35.0 Å². The number of rotatable bonds is 3. The Bertz CT molecular complexity index is 246. The number of hydrogen-bond acceptors (Lipinski definition) is 4. The molecule has 4 heteroatoms. The third-order valence-corrected chi connectivity index (χ3v) is 4.46. The lowest BCUT2D eigenvalue weighted by Gasteiger charge is -2.31. The molecule has 0 bridgehead atoms. The van der Waals surface area contributed by atoms with E-state index in [1.54, 1.807) is 0 Å². The minimum atomic E-state index is 0.288. The number of thioether (sulfide) groups is 2. The van der Waals surface area contributed by atoms with E-state index in [0.717, 1.165) is 10.9 Å². The molecule has 0 radical (unpaired) electrons. The van der Waals surface area contributed by atoms with Crippen molar-refractivity contribution in [2.24, 2.45) is 10.4 Å². The molecule has 0 aromatic rings. The SMILES string of the molecule is CSCC(C)NC1=NC(C(C)(C)C)CCS1. The maximum absolute atomic E-state index is 4.83. The average Bonchev–Trinajstić information content (AvgIpc) is 2.17. The Balaban J connectivity index is 2.56. The van der Waals surface area contributed by atoms with Gasteiger partial charge in [-0.3, -0.25) is 4.99 Å². The normalized spacial score (nSPS) is 23.8. The molecular formula is C12H24N2S2. The van der Waals surface area contributed by atoms with E-state index < -0.39 is 0 Å². The first kappa shape index (κ1) is 14.2. The molecule has 0 saturated carbocycles. The average molecular weight is 260 g/mol. The highest BCUT2D eigenvalue weighted by Gasteiger charge is 2.27. The lowest BCUT2D eigenvalue weighted by molar-refractivity contribution is 0.315. The molecule has 0 aromatic carbocycles. The van der Waals surface area contributed by atoms with Crippen LogP contribution in [0.3, 0.4) is 0 Å². The number of hydrogen-bond donors (Lipinski definition) is 1. The molecule has 1 aliphatic heterocycles. The predicted molar refractivity (Wildman–Crippen MR) is 78.7 cm³/mol. The fourth-order valence-corrected chi connectivity index (χ4v) is 3.32. The molecule has 1 aliphatic rings. The van der Waals surface area contributed by atoms with Gasteiger partial charge in [-0.25, -0.2) is 0 Å². The summed E-state index contributed by atoms with van der Waals surface area (Å²) >= 11 is 3.74. The highest BCUT2D eigenvalue weighted by Crippen LogP contribution is 2.30. The second-order valence-corrected chi connectivity index (χ2v) is 7.45. The Kier molecular flexibility index (Phi) is 5.51. The zero-order chi connectivity index (χ0) is 12.2. The van der Waals surface area contributed by atoms with Crippen LogP contribution in [0.1, 0.15) is 34.1 Å². The molecule has 0 aromatic heterocycles. The van der Waals surface area contributed by atoms with Gasteiger partial charge in [0.1, 0.15) is 0 Å². The predicted octanol–water partition coefficient (Wildman–Crippen LogP) is 3.24. The fourth-order valence-electron chi connectivity index (χ4n) is 1.72. The first-order valence-corrected chi connectivity index (χ1v) is 8.27. The van der Waals surface area contributed by atoms with Crippen LogP contribution < -0.4 is 5.32 Å². The zero-order valence-corrected chi connectivity index (χ0v) is 12.7. The maximum atomic E-state index is 4.83. The summed E-state index contributed by atoms with van der Waals surface area (Å²) in [7, 11) is 0. The second kappa shape index (κ2) is 6.20. The molecule has 0 saturated heterocycles. The van der Waals surface area contributed by atoms with E-state index in [-0.39, 0.29) is 5.41 Å². The van der Waals surface area contributed by atoms with E-state index in [2.05, 4.69) is 39.3 Å².